The lowest BCUT2D eigenvalue weighted by molar-refractivity contribution is 0.430. The summed E-state index contributed by atoms with van der Waals surface area (Å²) in [7, 11) is 0. The van der Waals surface area contributed by atoms with Crippen LogP contribution < -0.4 is 5.32 Å². The first kappa shape index (κ1) is 15.2. The summed E-state index contributed by atoms with van der Waals surface area (Å²) >= 11 is 0. The molecule has 102 valence electrons. The molecular formula is C17H29N. The molecule has 0 aliphatic carbocycles. The molecule has 0 saturated heterocycles. The molecule has 0 radical (unpaired) electrons. The molecule has 0 heterocycles. The van der Waals surface area contributed by atoms with Crippen LogP contribution in [0.2, 0.25) is 0 Å². The van der Waals surface area contributed by atoms with Crippen molar-refractivity contribution in [1.82, 2.24) is 5.32 Å². The Balaban J connectivity index is 2.77. The SMILES string of the molecule is CCCNC(CC(C)C)c1ccc(C(C)C)cc1. The van der Waals surface area contributed by atoms with Gasteiger partial charge in [-0.05, 0) is 42.3 Å². The van der Waals surface area contributed by atoms with Gasteiger partial charge in [0.1, 0.15) is 0 Å². The third-order valence-corrected chi connectivity index (χ3v) is 3.35. The van der Waals surface area contributed by atoms with Gasteiger partial charge in [0.2, 0.25) is 0 Å². The van der Waals surface area contributed by atoms with Crippen LogP contribution >= 0.6 is 0 Å². The Labute approximate surface area is 113 Å². The molecule has 1 atom stereocenters. The van der Waals surface area contributed by atoms with Gasteiger partial charge in [0.15, 0.2) is 0 Å². The first-order chi connectivity index (χ1) is 8.54. The summed E-state index contributed by atoms with van der Waals surface area (Å²) < 4.78 is 0. The molecule has 1 unspecified atom stereocenters. The van der Waals surface area contributed by atoms with Crippen LogP contribution in [-0.4, -0.2) is 6.54 Å². The van der Waals surface area contributed by atoms with Crippen LogP contribution in [0, 0.1) is 5.92 Å². The molecule has 1 nitrogen and oxygen atoms in total. The van der Waals surface area contributed by atoms with E-state index in [1.165, 1.54) is 24.0 Å². The highest BCUT2D eigenvalue weighted by atomic mass is 14.9. The molecule has 0 spiro atoms. The standard InChI is InChI=1S/C17H29N/c1-6-11-18-17(12-13(2)3)16-9-7-15(8-10-16)14(4)5/h7-10,13-14,17-18H,6,11-12H2,1-5H3. The van der Waals surface area contributed by atoms with Gasteiger partial charge in [-0.2, -0.15) is 0 Å². The summed E-state index contributed by atoms with van der Waals surface area (Å²) in [5.41, 5.74) is 2.86. The van der Waals surface area contributed by atoms with E-state index in [4.69, 9.17) is 0 Å². The maximum atomic E-state index is 3.67. The molecule has 0 saturated carbocycles. The predicted octanol–water partition coefficient (Wildman–Crippen LogP) is 4.90. The third kappa shape index (κ3) is 4.81. The largest absolute Gasteiger partial charge is 0.310 e. The van der Waals surface area contributed by atoms with Crippen LogP contribution in [0.15, 0.2) is 24.3 Å². The van der Waals surface area contributed by atoms with Crippen molar-refractivity contribution in [3.05, 3.63) is 35.4 Å². The fourth-order valence-corrected chi connectivity index (χ4v) is 2.24. The Kier molecular flexibility index (Phi) is 6.42. The van der Waals surface area contributed by atoms with Crippen molar-refractivity contribution in [2.24, 2.45) is 5.92 Å². The summed E-state index contributed by atoms with van der Waals surface area (Å²) in [6.45, 7) is 12.4. The van der Waals surface area contributed by atoms with E-state index >= 15 is 0 Å². The Morgan fingerprint density at radius 3 is 1.94 bits per heavy atom. The molecule has 1 aromatic rings. The van der Waals surface area contributed by atoms with Gasteiger partial charge in [-0.3, -0.25) is 0 Å². The van der Waals surface area contributed by atoms with E-state index in [1.807, 2.05) is 0 Å². The first-order valence-corrected chi connectivity index (χ1v) is 7.37. The summed E-state index contributed by atoms with van der Waals surface area (Å²) in [5, 5.41) is 3.67. The average Bonchev–Trinajstić information content (AvgIpc) is 2.34. The van der Waals surface area contributed by atoms with Gasteiger partial charge in [0.25, 0.3) is 0 Å². The van der Waals surface area contributed by atoms with E-state index in [0.29, 0.717) is 12.0 Å². The number of rotatable bonds is 7. The molecule has 1 aromatic carbocycles. The van der Waals surface area contributed by atoms with E-state index in [-0.39, 0.29) is 0 Å². The topological polar surface area (TPSA) is 12.0 Å². The molecule has 0 aliphatic heterocycles. The Bertz CT molecular complexity index is 324. The number of hydrogen-bond acceptors (Lipinski definition) is 1. The van der Waals surface area contributed by atoms with Crippen molar-refractivity contribution in [1.29, 1.82) is 0 Å². The maximum Gasteiger partial charge on any atom is 0.0322 e. The summed E-state index contributed by atoms with van der Waals surface area (Å²) in [5.74, 6) is 1.34. The highest BCUT2D eigenvalue weighted by molar-refractivity contribution is 5.26. The van der Waals surface area contributed by atoms with Gasteiger partial charge in [0.05, 0.1) is 0 Å². The smallest absolute Gasteiger partial charge is 0.0322 e. The maximum absolute atomic E-state index is 3.67. The molecule has 0 fully saturated rings. The summed E-state index contributed by atoms with van der Waals surface area (Å²) in [6, 6.07) is 9.66. The van der Waals surface area contributed by atoms with Gasteiger partial charge >= 0.3 is 0 Å². The van der Waals surface area contributed by atoms with Crippen molar-refractivity contribution in [3.63, 3.8) is 0 Å². The van der Waals surface area contributed by atoms with Crippen molar-refractivity contribution >= 4 is 0 Å². The van der Waals surface area contributed by atoms with E-state index in [0.717, 1.165) is 12.5 Å². The number of benzene rings is 1. The van der Waals surface area contributed by atoms with E-state index in [1.54, 1.807) is 0 Å². The fraction of sp³-hybridized carbons (Fsp3) is 0.647. The highest BCUT2D eigenvalue weighted by Crippen LogP contribution is 2.23. The molecule has 1 N–H and O–H groups in total. The lowest BCUT2D eigenvalue weighted by Crippen LogP contribution is -2.23. The lowest BCUT2D eigenvalue weighted by atomic mass is 9.94. The normalized spacial score (nSPS) is 13.3. The second kappa shape index (κ2) is 7.58. The highest BCUT2D eigenvalue weighted by Gasteiger charge is 2.12. The Hall–Kier alpha value is -0.820. The van der Waals surface area contributed by atoms with E-state index in [2.05, 4.69) is 64.2 Å². The molecule has 1 rings (SSSR count). The molecule has 0 amide bonds. The van der Waals surface area contributed by atoms with Crippen LogP contribution in [-0.2, 0) is 0 Å². The van der Waals surface area contributed by atoms with Gasteiger partial charge in [-0.1, -0.05) is 58.9 Å². The predicted molar refractivity (Wildman–Crippen MR) is 81.0 cm³/mol. The zero-order valence-electron chi connectivity index (χ0n) is 12.7. The summed E-state index contributed by atoms with van der Waals surface area (Å²) in [4.78, 5) is 0. The molecule has 0 aliphatic rings. The van der Waals surface area contributed by atoms with Gasteiger partial charge < -0.3 is 5.32 Å². The van der Waals surface area contributed by atoms with Crippen LogP contribution in [0.5, 0.6) is 0 Å². The van der Waals surface area contributed by atoms with Crippen LogP contribution in [0.3, 0.4) is 0 Å². The van der Waals surface area contributed by atoms with Crippen molar-refractivity contribution < 1.29 is 0 Å². The Morgan fingerprint density at radius 2 is 1.50 bits per heavy atom. The van der Waals surface area contributed by atoms with E-state index in [9.17, 15) is 0 Å². The molecule has 0 bridgehead atoms. The minimum atomic E-state index is 0.506. The zero-order valence-corrected chi connectivity index (χ0v) is 12.7. The molecule has 0 aromatic heterocycles. The monoisotopic (exact) mass is 247 g/mol. The molecule has 18 heavy (non-hydrogen) atoms. The quantitative estimate of drug-likeness (QED) is 0.723. The lowest BCUT2D eigenvalue weighted by Gasteiger charge is -2.21. The zero-order chi connectivity index (χ0) is 13.5. The Morgan fingerprint density at radius 1 is 0.944 bits per heavy atom. The van der Waals surface area contributed by atoms with E-state index < -0.39 is 0 Å². The minimum absolute atomic E-state index is 0.506. The summed E-state index contributed by atoms with van der Waals surface area (Å²) in [6.07, 6.45) is 2.40. The second-order valence-electron chi connectivity index (χ2n) is 5.96. The first-order valence-electron chi connectivity index (χ1n) is 7.37. The van der Waals surface area contributed by atoms with Gasteiger partial charge in [-0.15, -0.1) is 0 Å². The van der Waals surface area contributed by atoms with Crippen molar-refractivity contribution in [3.8, 4) is 0 Å². The molecular weight excluding hydrogens is 218 g/mol. The van der Waals surface area contributed by atoms with Crippen LogP contribution in [0.25, 0.3) is 0 Å². The van der Waals surface area contributed by atoms with Crippen molar-refractivity contribution in [2.45, 2.75) is 59.4 Å². The molecule has 1 heteroatoms. The van der Waals surface area contributed by atoms with Gasteiger partial charge in [-0.25, -0.2) is 0 Å². The number of nitrogens with one attached hydrogen (secondary N) is 1. The average molecular weight is 247 g/mol. The van der Waals surface area contributed by atoms with Gasteiger partial charge in [0, 0.05) is 6.04 Å². The third-order valence-electron chi connectivity index (χ3n) is 3.35. The van der Waals surface area contributed by atoms with Crippen molar-refractivity contribution in [2.75, 3.05) is 6.54 Å². The second-order valence-corrected chi connectivity index (χ2v) is 5.96. The van der Waals surface area contributed by atoms with Crippen LogP contribution in [0.1, 0.15) is 70.5 Å². The van der Waals surface area contributed by atoms with Crippen LogP contribution in [0.4, 0.5) is 0 Å². The fourth-order valence-electron chi connectivity index (χ4n) is 2.24. The minimum Gasteiger partial charge on any atom is -0.310 e. The number of hydrogen-bond donors (Lipinski definition) is 1.